The fraction of sp³-hybridized carbons (Fsp3) is 0.750. The minimum atomic E-state index is 0.547. The molecule has 0 aliphatic carbocycles. The Bertz CT molecular complexity index is 324. The molecule has 1 fully saturated rings. The summed E-state index contributed by atoms with van der Waals surface area (Å²) in [7, 11) is 0. The minimum Gasteiger partial charge on any atom is -0.381 e. The molecular weight excluding hydrogens is 188 g/mol. The van der Waals surface area contributed by atoms with Gasteiger partial charge in [-0.05, 0) is 31.2 Å². The van der Waals surface area contributed by atoms with Gasteiger partial charge in [0.15, 0.2) is 0 Å². The zero-order valence-corrected chi connectivity index (χ0v) is 9.86. The Morgan fingerprint density at radius 1 is 1.40 bits per heavy atom. The van der Waals surface area contributed by atoms with Gasteiger partial charge in [-0.1, -0.05) is 13.8 Å². The van der Waals surface area contributed by atoms with Crippen molar-refractivity contribution < 1.29 is 4.74 Å². The second-order valence-electron chi connectivity index (χ2n) is 4.63. The summed E-state index contributed by atoms with van der Waals surface area (Å²) in [6.07, 6.45) is 4.22. The van der Waals surface area contributed by atoms with Crippen LogP contribution in [0.4, 0.5) is 0 Å². The van der Waals surface area contributed by atoms with Gasteiger partial charge in [0.2, 0.25) is 0 Å². The second kappa shape index (κ2) is 4.35. The Morgan fingerprint density at radius 3 is 2.60 bits per heavy atom. The van der Waals surface area contributed by atoms with Crippen LogP contribution in [-0.4, -0.2) is 23.0 Å². The van der Waals surface area contributed by atoms with E-state index in [1.54, 1.807) is 0 Å². The van der Waals surface area contributed by atoms with Gasteiger partial charge in [0, 0.05) is 18.9 Å². The topological polar surface area (TPSA) is 27.1 Å². The average Bonchev–Trinajstić information content (AvgIpc) is 2.61. The predicted molar refractivity (Wildman–Crippen MR) is 60.1 cm³/mol. The van der Waals surface area contributed by atoms with Gasteiger partial charge < -0.3 is 4.74 Å². The molecule has 0 aromatic carbocycles. The quantitative estimate of drug-likeness (QED) is 0.747. The van der Waals surface area contributed by atoms with Crippen LogP contribution in [0.25, 0.3) is 0 Å². The molecule has 1 aromatic rings. The molecule has 1 aliphatic rings. The number of nitrogens with zero attached hydrogens (tertiary/aromatic N) is 2. The van der Waals surface area contributed by atoms with Crippen molar-refractivity contribution in [1.29, 1.82) is 0 Å². The summed E-state index contributed by atoms with van der Waals surface area (Å²) in [6, 6.07) is 0.547. The zero-order valence-electron chi connectivity index (χ0n) is 9.86. The van der Waals surface area contributed by atoms with Crippen molar-refractivity contribution in [2.24, 2.45) is 0 Å². The van der Waals surface area contributed by atoms with E-state index in [9.17, 15) is 0 Å². The van der Waals surface area contributed by atoms with E-state index < -0.39 is 0 Å². The molecule has 15 heavy (non-hydrogen) atoms. The molecule has 0 unspecified atom stereocenters. The molecule has 2 heterocycles. The SMILES string of the molecule is Cc1c(C(C)C)cnn1C1CCOCC1. The molecule has 84 valence electrons. The Labute approximate surface area is 91.4 Å². The summed E-state index contributed by atoms with van der Waals surface area (Å²) >= 11 is 0. The van der Waals surface area contributed by atoms with Crippen LogP contribution in [0.2, 0.25) is 0 Å². The van der Waals surface area contributed by atoms with Crippen LogP contribution < -0.4 is 0 Å². The first kappa shape index (κ1) is 10.7. The van der Waals surface area contributed by atoms with Crippen molar-refractivity contribution in [2.75, 3.05) is 13.2 Å². The Balaban J connectivity index is 2.20. The molecule has 0 radical (unpaired) electrons. The van der Waals surface area contributed by atoms with Crippen LogP contribution in [-0.2, 0) is 4.74 Å². The van der Waals surface area contributed by atoms with E-state index in [1.165, 1.54) is 11.3 Å². The lowest BCUT2D eigenvalue weighted by molar-refractivity contribution is 0.0656. The highest BCUT2D eigenvalue weighted by molar-refractivity contribution is 5.20. The van der Waals surface area contributed by atoms with Crippen molar-refractivity contribution >= 4 is 0 Å². The maximum absolute atomic E-state index is 5.37. The van der Waals surface area contributed by atoms with Crippen molar-refractivity contribution in [1.82, 2.24) is 9.78 Å². The summed E-state index contributed by atoms with van der Waals surface area (Å²) in [5.41, 5.74) is 2.71. The molecule has 1 aromatic heterocycles. The highest BCUT2D eigenvalue weighted by atomic mass is 16.5. The number of rotatable bonds is 2. The summed E-state index contributed by atoms with van der Waals surface area (Å²) in [5, 5.41) is 4.52. The van der Waals surface area contributed by atoms with Gasteiger partial charge in [0.1, 0.15) is 0 Å². The first-order chi connectivity index (χ1) is 7.20. The molecule has 0 atom stereocenters. The van der Waals surface area contributed by atoms with Crippen molar-refractivity contribution in [3.63, 3.8) is 0 Å². The molecule has 3 heteroatoms. The van der Waals surface area contributed by atoms with Gasteiger partial charge >= 0.3 is 0 Å². The van der Waals surface area contributed by atoms with Crippen LogP contribution in [0, 0.1) is 6.92 Å². The minimum absolute atomic E-state index is 0.547. The van der Waals surface area contributed by atoms with Crippen LogP contribution in [0.15, 0.2) is 6.20 Å². The van der Waals surface area contributed by atoms with Gasteiger partial charge in [0.25, 0.3) is 0 Å². The normalized spacial score (nSPS) is 18.7. The molecule has 1 saturated heterocycles. The van der Waals surface area contributed by atoms with E-state index in [-0.39, 0.29) is 0 Å². The van der Waals surface area contributed by atoms with E-state index in [0.717, 1.165) is 26.1 Å². The van der Waals surface area contributed by atoms with Crippen LogP contribution in [0.5, 0.6) is 0 Å². The fourth-order valence-electron chi connectivity index (χ4n) is 2.30. The third-order valence-electron chi connectivity index (χ3n) is 3.24. The average molecular weight is 208 g/mol. The molecule has 0 bridgehead atoms. The molecule has 2 rings (SSSR count). The summed E-state index contributed by atoms with van der Waals surface area (Å²) < 4.78 is 7.57. The van der Waals surface area contributed by atoms with Gasteiger partial charge in [-0.3, -0.25) is 4.68 Å². The standard InChI is InChI=1S/C12H20N2O/c1-9(2)12-8-13-14(10(12)3)11-4-6-15-7-5-11/h8-9,11H,4-7H2,1-3H3. The molecule has 1 aliphatic heterocycles. The number of ether oxygens (including phenoxy) is 1. The molecular formula is C12H20N2O. The third kappa shape index (κ3) is 2.07. The summed E-state index contributed by atoms with van der Waals surface area (Å²) in [4.78, 5) is 0. The van der Waals surface area contributed by atoms with Gasteiger partial charge in [-0.25, -0.2) is 0 Å². The zero-order chi connectivity index (χ0) is 10.8. The van der Waals surface area contributed by atoms with Crippen molar-refractivity contribution in [3.8, 4) is 0 Å². The van der Waals surface area contributed by atoms with E-state index in [1.807, 2.05) is 6.20 Å². The second-order valence-corrected chi connectivity index (χ2v) is 4.63. The van der Waals surface area contributed by atoms with Crippen LogP contribution >= 0.6 is 0 Å². The highest BCUT2D eigenvalue weighted by Gasteiger charge is 2.19. The fourth-order valence-corrected chi connectivity index (χ4v) is 2.30. The number of hydrogen-bond donors (Lipinski definition) is 0. The van der Waals surface area contributed by atoms with Gasteiger partial charge in [-0.2, -0.15) is 5.10 Å². The van der Waals surface area contributed by atoms with E-state index in [0.29, 0.717) is 12.0 Å². The van der Waals surface area contributed by atoms with Crippen LogP contribution in [0.3, 0.4) is 0 Å². The monoisotopic (exact) mass is 208 g/mol. The lowest BCUT2D eigenvalue weighted by Crippen LogP contribution is -2.21. The first-order valence-corrected chi connectivity index (χ1v) is 5.82. The predicted octanol–water partition coefficient (Wildman–Crippen LogP) is 2.67. The molecule has 3 nitrogen and oxygen atoms in total. The Hall–Kier alpha value is -0.830. The molecule has 0 spiro atoms. The van der Waals surface area contributed by atoms with Crippen LogP contribution in [0.1, 0.15) is 49.9 Å². The third-order valence-corrected chi connectivity index (χ3v) is 3.24. The number of hydrogen-bond acceptors (Lipinski definition) is 2. The molecule has 0 N–H and O–H groups in total. The van der Waals surface area contributed by atoms with E-state index >= 15 is 0 Å². The Kier molecular flexibility index (Phi) is 3.10. The maximum atomic E-state index is 5.37. The van der Waals surface area contributed by atoms with E-state index in [2.05, 4.69) is 30.6 Å². The molecule has 0 amide bonds. The maximum Gasteiger partial charge on any atom is 0.0566 e. The lowest BCUT2D eigenvalue weighted by atomic mass is 10.0. The van der Waals surface area contributed by atoms with Crippen molar-refractivity contribution in [3.05, 3.63) is 17.5 Å². The van der Waals surface area contributed by atoms with E-state index in [4.69, 9.17) is 4.74 Å². The van der Waals surface area contributed by atoms with Crippen molar-refractivity contribution in [2.45, 2.75) is 45.6 Å². The van der Waals surface area contributed by atoms with Gasteiger partial charge in [-0.15, -0.1) is 0 Å². The molecule has 0 saturated carbocycles. The largest absolute Gasteiger partial charge is 0.381 e. The summed E-state index contributed by atoms with van der Waals surface area (Å²) in [5.74, 6) is 0.568. The van der Waals surface area contributed by atoms with Gasteiger partial charge in [0.05, 0.1) is 12.2 Å². The highest BCUT2D eigenvalue weighted by Crippen LogP contribution is 2.25. The summed E-state index contributed by atoms with van der Waals surface area (Å²) in [6.45, 7) is 8.37. The number of aromatic nitrogens is 2. The lowest BCUT2D eigenvalue weighted by Gasteiger charge is -2.23. The Morgan fingerprint density at radius 2 is 2.07 bits per heavy atom. The first-order valence-electron chi connectivity index (χ1n) is 5.82. The smallest absolute Gasteiger partial charge is 0.0566 e.